The Hall–Kier alpha value is -3.39. The van der Waals surface area contributed by atoms with Gasteiger partial charge >= 0.3 is 6.09 Å². The van der Waals surface area contributed by atoms with Gasteiger partial charge in [-0.3, -0.25) is 14.4 Å². The topological polar surface area (TPSA) is 88.2 Å². The zero-order valence-electron chi connectivity index (χ0n) is 23.0. The second-order valence-electron chi connectivity index (χ2n) is 10.9. The highest BCUT2D eigenvalue weighted by molar-refractivity contribution is 5.94. The highest BCUT2D eigenvalue weighted by Gasteiger charge is 2.22. The Morgan fingerprint density at radius 3 is 2.05 bits per heavy atom. The second kappa shape index (κ2) is 13.8. The van der Waals surface area contributed by atoms with E-state index >= 15 is 0 Å². The van der Waals surface area contributed by atoms with Gasteiger partial charge in [-0.2, -0.15) is 0 Å². The molecule has 2 rings (SSSR count). The Morgan fingerprint density at radius 2 is 1.49 bits per heavy atom. The molecule has 37 heavy (non-hydrogen) atoms. The molecule has 3 amide bonds. The monoisotopic (exact) mass is 511 g/mol. The highest BCUT2D eigenvalue weighted by atomic mass is 16.7. The van der Waals surface area contributed by atoms with Crippen molar-refractivity contribution in [2.24, 2.45) is 0 Å². The van der Waals surface area contributed by atoms with Gasteiger partial charge in [0.05, 0.1) is 12.1 Å². The van der Waals surface area contributed by atoms with Crippen LogP contribution in [0.25, 0.3) is 0 Å². The Balaban J connectivity index is 1.90. The Bertz CT molecular complexity index is 995. The van der Waals surface area contributed by atoms with Gasteiger partial charge in [0, 0.05) is 25.2 Å². The Morgan fingerprint density at radius 1 is 0.865 bits per heavy atom. The molecule has 2 aromatic carbocycles. The van der Waals surface area contributed by atoms with Crippen LogP contribution in [0, 0.1) is 0 Å². The number of nitrogens with zero attached hydrogens (tertiary/aromatic N) is 2. The zero-order valence-corrected chi connectivity index (χ0v) is 23.0. The van der Waals surface area contributed by atoms with Gasteiger partial charge in [0.15, 0.2) is 0 Å². The molecule has 0 saturated heterocycles. The fraction of sp³-hybridized carbons (Fsp3) is 0.483. The van der Waals surface area contributed by atoms with E-state index in [9.17, 15) is 14.4 Å². The molecule has 202 valence electrons. The normalized spacial score (nSPS) is 11.5. The van der Waals surface area contributed by atoms with Crippen LogP contribution in [0.1, 0.15) is 69.4 Å². The summed E-state index contributed by atoms with van der Waals surface area (Å²) in [6, 6.07) is 17.0. The average Bonchev–Trinajstić information content (AvgIpc) is 2.82. The summed E-state index contributed by atoms with van der Waals surface area (Å²) in [6.07, 6.45) is 1.79. The van der Waals surface area contributed by atoms with Crippen molar-refractivity contribution in [3.63, 3.8) is 0 Å². The molecule has 2 aromatic rings. The van der Waals surface area contributed by atoms with Gasteiger partial charge in [-0.15, -0.1) is 0 Å². The minimum absolute atomic E-state index is 0.175. The van der Waals surface area contributed by atoms with Crippen LogP contribution in [-0.4, -0.2) is 59.2 Å². The smallest absolute Gasteiger partial charge is 0.410 e. The lowest BCUT2D eigenvalue weighted by Gasteiger charge is -2.27. The zero-order chi connectivity index (χ0) is 27.5. The van der Waals surface area contributed by atoms with Crippen LogP contribution in [0.5, 0.6) is 0 Å². The van der Waals surface area contributed by atoms with E-state index < -0.39 is 17.3 Å². The van der Waals surface area contributed by atoms with E-state index in [0.717, 1.165) is 24.0 Å². The van der Waals surface area contributed by atoms with Crippen molar-refractivity contribution in [1.82, 2.24) is 15.3 Å². The van der Waals surface area contributed by atoms with Crippen molar-refractivity contribution in [2.45, 2.75) is 72.1 Å². The summed E-state index contributed by atoms with van der Waals surface area (Å²) < 4.78 is 5.57. The van der Waals surface area contributed by atoms with E-state index in [1.165, 1.54) is 5.06 Å². The van der Waals surface area contributed by atoms with E-state index in [1.54, 1.807) is 17.0 Å². The van der Waals surface area contributed by atoms with E-state index in [4.69, 9.17) is 9.57 Å². The molecule has 0 atom stereocenters. The summed E-state index contributed by atoms with van der Waals surface area (Å²) in [6.45, 7) is 12.7. The van der Waals surface area contributed by atoms with E-state index in [0.29, 0.717) is 38.2 Å². The van der Waals surface area contributed by atoms with Crippen molar-refractivity contribution in [3.8, 4) is 0 Å². The Labute approximate surface area is 220 Å². The van der Waals surface area contributed by atoms with Crippen LogP contribution in [0.2, 0.25) is 0 Å². The van der Waals surface area contributed by atoms with Crippen LogP contribution in [0.4, 0.5) is 4.79 Å². The molecule has 0 fully saturated rings. The average molecular weight is 512 g/mol. The van der Waals surface area contributed by atoms with Crippen molar-refractivity contribution < 1.29 is 24.0 Å². The molecular formula is C29H41N3O5. The lowest BCUT2D eigenvalue weighted by molar-refractivity contribution is -0.220. The highest BCUT2D eigenvalue weighted by Crippen LogP contribution is 2.15. The largest absolute Gasteiger partial charge is 0.444 e. The number of hydroxylamine groups is 2. The lowest BCUT2D eigenvalue weighted by atomic mass is 10.1. The third-order valence-corrected chi connectivity index (χ3v) is 5.12. The van der Waals surface area contributed by atoms with Gasteiger partial charge < -0.3 is 15.0 Å². The number of carbonyl (C=O) groups is 3. The number of hydrogen-bond acceptors (Lipinski definition) is 5. The van der Waals surface area contributed by atoms with E-state index in [-0.39, 0.29) is 5.91 Å². The first-order valence-corrected chi connectivity index (χ1v) is 12.7. The molecule has 1 N–H and O–H groups in total. The first kappa shape index (κ1) is 29.8. The molecular weight excluding hydrogens is 470 g/mol. The maximum absolute atomic E-state index is 12.8. The van der Waals surface area contributed by atoms with E-state index in [2.05, 4.69) is 5.32 Å². The van der Waals surface area contributed by atoms with Crippen molar-refractivity contribution in [1.29, 1.82) is 0 Å². The first-order chi connectivity index (χ1) is 17.4. The predicted molar refractivity (Wildman–Crippen MR) is 144 cm³/mol. The molecule has 0 radical (unpaired) electrons. The summed E-state index contributed by atoms with van der Waals surface area (Å²) in [5, 5.41) is 4.16. The van der Waals surface area contributed by atoms with Crippen LogP contribution >= 0.6 is 0 Å². The fourth-order valence-electron chi connectivity index (χ4n) is 3.52. The number of benzene rings is 2. The standard InChI is InChI=1S/C29H41N3O5/c1-28(2,3)36-27(35)31(20-18-30-26(34)25-12-8-7-9-13-25)19-10-11-23-14-16-24(17-15-23)21-32(22-33)37-29(4,5)6/h7-9,12-17,22H,10-11,18-21H2,1-6H3,(H,30,34). The van der Waals surface area contributed by atoms with Crippen LogP contribution < -0.4 is 5.32 Å². The van der Waals surface area contributed by atoms with Crippen molar-refractivity contribution >= 4 is 18.4 Å². The van der Waals surface area contributed by atoms with Crippen molar-refractivity contribution in [3.05, 3.63) is 71.3 Å². The first-order valence-electron chi connectivity index (χ1n) is 12.7. The number of amides is 3. The summed E-state index contributed by atoms with van der Waals surface area (Å²) in [7, 11) is 0. The third-order valence-electron chi connectivity index (χ3n) is 5.12. The molecule has 0 saturated carbocycles. The van der Waals surface area contributed by atoms with Gasteiger partial charge in [0.2, 0.25) is 6.41 Å². The molecule has 8 nitrogen and oxygen atoms in total. The molecule has 0 heterocycles. The molecule has 0 unspecified atom stereocenters. The predicted octanol–water partition coefficient (Wildman–Crippen LogP) is 4.97. The van der Waals surface area contributed by atoms with Crippen LogP contribution in [0.3, 0.4) is 0 Å². The minimum atomic E-state index is -0.607. The van der Waals surface area contributed by atoms with Crippen molar-refractivity contribution in [2.75, 3.05) is 19.6 Å². The molecule has 0 aliphatic heterocycles. The quantitative estimate of drug-likeness (QED) is 0.321. The van der Waals surface area contributed by atoms with E-state index in [1.807, 2.05) is 84.0 Å². The number of aryl methyl sites for hydroxylation is 1. The summed E-state index contributed by atoms with van der Waals surface area (Å²) in [5.74, 6) is -0.175. The number of hydrogen-bond donors (Lipinski definition) is 1. The van der Waals surface area contributed by atoms with Gasteiger partial charge in [-0.25, -0.2) is 9.86 Å². The lowest BCUT2D eigenvalue weighted by Crippen LogP contribution is -2.42. The minimum Gasteiger partial charge on any atom is -0.444 e. The molecule has 0 bridgehead atoms. The maximum atomic E-state index is 12.8. The maximum Gasteiger partial charge on any atom is 0.410 e. The van der Waals surface area contributed by atoms with Gasteiger partial charge in [0.25, 0.3) is 5.91 Å². The molecule has 8 heteroatoms. The summed E-state index contributed by atoms with van der Waals surface area (Å²) in [4.78, 5) is 43.7. The Kier molecular flexibility index (Phi) is 11.1. The van der Waals surface area contributed by atoms with Crippen LogP contribution in [-0.2, 0) is 27.3 Å². The summed E-state index contributed by atoms with van der Waals surface area (Å²) >= 11 is 0. The molecule has 0 aliphatic rings. The fourth-order valence-corrected chi connectivity index (χ4v) is 3.52. The number of nitrogens with one attached hydrogen (secondary N) is 1. The molecule has 0 spiro atoms. The second-order valence-corrected chi connectivity index (χ2v) is 10.9. The van der Waals surface area contributed by atoms with Gasteiger partial charge in [0.1, 0.15) is 5.60 Å². The number of carbonyl (C=O) groups excluding carboxylic acids is 3. The molecule has 0 aliphatic carbocycles. The van der Waals surface area contributed by atoms with Crippen LogP contribution in [0.15, 0.2) is 54.6 Å². The molecule has 0 aromatic heterocycles. The number of rotatable bonds is 12. The van der Waals surface area contributed by atoms with Gasteiger partial charge in [-0.1, -0.05) is 42.5 Å². The summed E-state index contributed by atoms with van der Waals surface area (Å²) in [5.41, 5.74) is 1.61. The number of ether oxygens (including phenoxy) is 1. The van der Waals surface area contributed by atoms with Gasteiger partial charge in [-0.05, 0) is 77.6 Å². The third kappa shape index (κ3) is 11.9. The SMILES string of the molecule is CC(C)(C)OC(=O)N(CCCc1ccc(CN(C=O)OC(C)(C)C)cc1)CCNC(=O)c1ccccc1.